The molecule has 6 nitrogen and oxygen atoms in total. The topological polar surface area (TPSA) is 86.7 Å². The predicted molar refractivity (Wildman–Crippen MR) is 77.6 cm³/mol. The second-order valence-corrected chi connectivity index (χ2v) is 7.39. The molecule has 0 radical (unpaired) electrons. The minimum absolute atomic E-state index is 0.0207. The Morgan fingerprint density at radius 2 is 1.90 bits per heavy atom. The van der Waals surface area contributed by atoms with E-state index in [0.717, 1.165) is 32.1 Å². The maximum absolute atomic E-state index is 12.3. The van der Waals surface area contributed by atoms with Crippen molar-refractivity contribution in [3.63, 3.8) is 0 Å². The second-order valence-electron chi connectivity index (χ2n) is 5.63. The molecule has 0 aromatic heterocycles. The number of nitrogens with one attached hydrogen (secondary N) is 1. The minimum atomic E-state index is -3.76. The van der Waals surface area contributed by atoms with Crippen LogP contribution in [0.1, 0.15) is 52.4 Å². The van der Waals surface area contributed by atoms with Crippen LogP contribution in [0.2, 0.25) is 0 Å². The monoisotopic (exact) mass is 306 g/mol. The highest BCUT2D eigenvalue weighted by Gasteiger charge is 2.33. The Bertz CT molecular complexity index is 418. The molecule has 0 saturated heterocycles. The highest BCUT2D eigenvalue weighted by molar-refractivity contribution is 7.87. The Morgan fingerprint density at radius 3 is 2.35 bits per heavy atom. The van der Waals surface area contributed by atoms with Crippen LogP contribution in [0.5, 0.6) is 0 Å². The molecule has 0 amide bonds. The lowest BCUT2D eigenvalue weighted by atomic mass is 9.96. The van der Waals surface area contributed by atoms with Crippen molar-refractivity contribution in [1.82, 2.24) is 9.03 Å². The van der Waals surface area contributed by atoms with Gasteiger partial charge in [0.25, 0.3) is 10.2 Å². The lowest BCUT2D eigenvalue weighted by molar-refractivity contribution is -0.140. The van der Waals surface area contributed by atoms with Gasteiger partial charge < -0.3 is 5.11 Å². The summed E-state index contributed by atoms with van der Waals surface area (Å²) in [5.74, 6) is -1.37. The van der Waals surface area contributed by atoms with Crippen LogP contribution in [0.4, 0.5) is 0 Å². The van der Waals surface area contributed by atoms with Gasteiger partial charge in [-0.1, -0.05) is 39.5 Å². The van der Waals surface area contributed by atoms with Gasteiger partial charge >= 0.3 is 5.97 Å². The fraction of sp³-hybridized carbons (Fsp3) is 0.923. The number of carboxylic acids is 1. The van der Waals surface area contributed by atoms with Crippen LogP contribution in [0.15, 0.2) is 0 Å². The normalized spacial score (nSPS) is 20.8. The van der Waals surface area contributed by atoms with E-state index in [9.17, 15) is 18.3 Å². The Morgan fingerprint density at radius 1 is 1.35 bits per heavy atom. The van der Waals surface area contributed by atoms with Crippen LogP contribution in [0.3, 0.4) is 0 Å². The molecule has 1 rings (SSSR count). The van der Waals surface area contributed by atoms with Gasteiger partial charge in [0, 0.05) is 13.1 Å². The summed E-state index contributed by atoms with van der Waals surface area (Å²) in [6, 6.07) is -1.09. The molecule has 1 aliphatic rings. The first-order chi connectivity index (χ1) is 9.29. The van der Waals surface area contributed by atoms with Crippen molar-refractivity contribution in [2.24, 2.45) is 5.92 Å². The van der Waals surface area contributed by atoms with Crippen LogP contribution < -0.4 is 4.72 Å². The van der Waals surface area contributed by atoms with Gasteiger partial charge in [0.2, 0.25) is 0 Å². The molecule has 0 heterocycles. The van der Waals surface area contributed by atoms with Crippen molar-refractivity contribution in [2.75, 3.05) is 7.05 Å². The summed E-state index contributed by atoms with van der Waals surface area (Å²) in [4.78, 5) is 11.2. The molecule has 1 aliphatic carbocycles. The molecule has 0 spiro atoms. The third-order valence-corrected chi connectivity index (χ3v) is 5.83. The number of carboxylic acid groups (broad SMARTS) is 1. The molecule has 20 heavy (non-hydrogen) atoms. The Hall–Kier alpha value is -0.660. The smallest absolute Gasteiger partial charge is 0.322 e. The molecule has 2 N–H and O–H groups in total. The van der Waals surface area contributed by atoms with Crippen LogP contribution >= 0.6 is 0 Å². The van der Waals surface area contributed by atoms with E-state index in [1.54, 1.807) is 6.92 Å². The van der Waals surface area contributed by atoms with E-state index in [1.807, 2.05) is 6.92 Å². The van der Waals surface area contributed by atoms with Gasteiger partial charge in [0.15, 0.2) is 0 Å². The Kier molecular flexibility index (Phi) is 6.42. The predicted octanol–water partition coefficient (Wildman–Crippen LogP) is 1.58. The Labute approximate surface area is 121 Å². The van der Waals surface area contributed by atoms with E-state index in [-0.39, 0.29) is 12.0 Å². The number of nitrogens with zero attached hydrogens (tertiary/aromatic N) is 1. The zero-order chi connectivity index (χ0) is 15.3. The molecule has 2 atom stereocenters. The van der Waals surface area contributed by atoms with Crippen molar-refractivity contribution in [3.05, 3.63) is 0 Å². The van der Waals surface area contributed by atoms with Crippen LogP contribution in [-0.2, 0) is 15.0 Å². The summed E-state index contributed by atoms with van der Waals surface area (Å²) in [6.07, 6.45) is 5.49. The van der Waals surface area contributed by atoms with Crippen molar-refractivity contribution < 1.29 is 18.3 Å². The summed E-state index contributed by atoms with van der Waals surface area (Å²) in [7, 11) is -2.22. The fourth-order valence-corrected chi connectivity index (χ4v) is 3.95. The van der Waals surface area contributed by atoms with E-state index in [1.165, 1.54) is 11.4 Å². The van der Waals surface area contributed by atoms with E-state index in [2.05, 4.69) is 4.72 Å². The maximum atomic E-state index is 12.3. The molecule has 0 aromatic rings. The van der Waals surface area contributed by atoms with Crippen molar-refractivity contribution >= 4 is 16.2 Å². The van der Waals surface area contributed by atoms with E-state index in [0.29, 0.717) is 6.42 Å². The average molecular weight is 306 g/mol. The molecular weight excluding hydrogens is 280 g/mol. The quantitative estimate of drug-likeness (QED) is 0.747. The first kappa shape index (κ1) is 17.4. The van der Waals surface area contributed by atoms with Crippen LogP contribution in [-0.4, -0.2) is 42.9 Å². The average Bonchev–Trinajstić information content (AvgIpc) is 2.43. The summed E-state index contributed by atoms with van der Waals surface area (Å²) < 4.78 is 28.3. The van der Waals surface area contributed by atoms with Gasteiger partial charge in [-0.25, -0.2) is 0 Å². The van der Waals surface area contributed by atoms with Gasteiger partial charge in [0.1, 0.15) is 6.04 Å². The second kappa shape index (κ2) is 7.38. The zero-order valence-corrected chi connectivity index (χ0v) is 13.3. The zero-order valence-electron chi connectivity index (χ0n) is 12.5. The highest BCUT2D eigenvalue weighted by atomic mass is 32.2. The van der Waals surface area contributed by atoms with Crippen LogP contribution in [0, 0.1) is 5.92 Å². The molecule has 0 aliphatic heterocycles. The van der Waals surface area contributed by atoms with Gasteiger partial charge in [-0.3, -0.25) is 4.79 Å². The standard InChI is InChI=1S/C13H26N2O4S/c1-4-10(2)12(13(16)17)14-20(18,19)15(3)11-8-6-5-7-9-11/h10-12,14H,4-9H2,1-3H3,(H,16,17)/t10-,12-/m0/s1. The third-order valence-electron chi connectivity index (χ3n) is 4.22. The molecule has 0 aromatic carbocycles. The largest absolute Gasteiger partial charge is 0.480 e. The summed E-state index contributed by atoms with van der Waals surface area (Å²) in [5.41, 5.74) is 0. The first-order valence-corrected chi connectivity index (χ1v) is 8.71. The van der Waals surface area contributed by atoms with Crippen molar-refractivity contribution in [1.29, 1.82) is 0 Å². The molecule has 1 saturated carbocycles. The van der Waals surface area contributed by atoms with Crippen molar-refractivity contribution in [2.45, 2.75) is 64.5 Å². The third kappa shape index (κ3) is 4.43. The molecule has 118 valence electrons. The molecule has 1 fully saturated rings. The van der Waals surface area contributed by atoms with E-state index in [4.69, 9.17) is 0 Å². The molecular formula is C13H26N2O4S. The Balaban J connectivity index is 2.78. The van der Waals surface area contributed by atoms with Gasteiger partial charge in [-0.05, 0) is 18.8 Å². The van der Waals surface area contributed by atoms with Gasteiger partial charge in [-0.15, -0.1) is 0 Å². The first-order valence-electron chi connectivity index (χ1n) is 7.27. The number of hydrogen-bond donors (Lipinski definition) is 2. The van der Waals surface area contributed by atoms with Crippen LogP contribution in [0.25, 0.3) is 0 Å². The minimum Gasteiger partial charge on any atom is -0.480 e. The molecule has 0 bridgehead atoms. The molecule has 7 heteroatoms. The van der Waals surface area contributed by atoms with Gasteiger partial charge in [0.05, 0.1) is 0 Å². The van der Waals surface area contributed by atoms with E-state index < -0.39 is 22.2 Å². The summed E-state index contributed by atoms with van der Waals surface area (Å²) >= 11 is 0. The molecule has 0 unspecified atom stereocenters. The SMILES string of the molecule is CC[C@H](C)[C@H](NS(=O)(=O)N(C)C1CCCCC1)C(=O)O. The summed E-state index contributed by atoms with van der Waals surface area (Å²) in [5, 5.41) is 9.18. The lowest BCUT2D eigenvalue weighted by Gasteiger charge is -2.32. The highest BCUT2D eigenvalue weighted by Crippen LogP contribution is 2.23. The number of hydrogen-bond acceptors (Lipinski definition) is 3. The maximum Gasteiger partial charge on any atom is 0.322 e. The number of aliphatic carboxylic acids is 1. The number of rotatable bonds is 7. The van der Waals surface area contributed by atoms with Crippen molar-refractivity contribution in [3.8, 4) is 0 Å². The number of carbonyl (C=O) groups is 1. The summed E-state index contributed by atoms with van der Waals surface area (Å²) in [6.45, 7) is 3.58. The van der Waals surface area contributed by atoms with Gasteiger partial charge in [-0.2, -0.15) is 17.4 Å². The fourth-order valence-electron chi connectivity index (χ4n) is 2.53. The lowest BCUT2D eigenvalue weighted by Crippen LogP contribution is -2.52. The van der Waals surface area contributed by atoms with E-state index >= 15 is 0 Å².